The van der Waals surface area contributed by atoms with E-state index in [9.17, 15) is 22.3 Å². The zero-order chi connectivity index (χ0) is 15.0. The predicted molar refractivity (Wildman–Crippen MR) is 69.6 cm³/mol. The zero-order valence-electron chi connectivity index (χ0n) is 10.2. The van der Waals surface area contributed by atoms with Gasteiger partial charge in [-0.05, 0) is 22.0 Å². The lowest BCUT2D eigenvalue weighted by Gasteiger charge is -2.21. The van der Waals surface area contributed by atoms with E-state index >= 15 is 0 Å². The molecule has 0 aromatic heterocycles. The summed E-state index contributed by atoms with van der Waals surface area (Å²) in [6.45, 7) is 0.0218. The van der Waals surface area contributed by atoms with Gasteiger partial charge in [0.2, 0.25) is 10.0 Å². The highest BCUT2D eigenvalue weighted by Gasteiger charge is 2.34. The second kappa shape index (κ2) is 5.64. The Morgan fingerprint density at radius 3 is 2.70 bits per heavy atom. The van der Waals surface area contributed by atoms with Gasteiger partial charge in [0.15, 0.2) is 0 Å². The number of benzene rings is 1. The molecule has 1 atom stereocenters. The molecule has 1 aliphatic heterocycles. The van der Waals surface area contributed by atoms with Crippen molar-refractivity contribution in [2.75, 3.05) is 19.8 Å². The van der Waals surface area contributed by atoms with E-state index in [0.29, 0.717) is 12.7 Å². The van der Waals surface area contributed by atoms with E-state index < -0.39 is 32.2 Å². The van der Waals surface area contributed by atoms with Gasteiger partial charge >= 0.3 is 0 Å². The Morgan fingerprint density at radius 1 is 1.45 bits per heavy atom. The number of rotatable bonds is 4. The summed E-state index contributed by atoms with van der Waals surface area (Å²) >= 11 is 2.81. The van der Waals surface area contributed by atoms with Crippen LogP contribution in [0.2, 0.25) is 0 Å². The average Bonchev–Trinajstić information content (AvgIpc) is 2.73. The molecule has 1 aromatic carbocycles. The van der Waals surface area contributed by atoms with E-state index in [0.717, 1.165) is 6.07 Å². The van der Waals surface area contributed by atoms with Crippen LogP contribution in [-0.4, -0.2) is 38.9 Å². The molecule has 1 aliphatic rings. The summed E-state index contributed by atoms with van der Waals surface area (Å²) in [5, 5.41) is 9.97. The SMILES string of the molecule is O=S(=O)(NCC1(O)CCOC1)c1c(F)cc(F)cc1Br. The summed E-state index contributed by atoms with van der Waals surface area (Å²) in [4.78, 5) is -0.693. The highest BCUT2D eigenvalue weighted by Crippen LogP contribution is 2.26. The molecule has 0 amide bonds. The van der Waals surface area contributed by atoms with Gasteiger partial charge in [-0.2, -0.15) is 0 Å². The molecular weight excluding hydrogens is 360 g/mol. The Kier molecular flexibility index (Phi) is 4.45. The van der Waals surface area contributed by atoms with Crippen LogP contribution in [0.1, 0.15) is 6.42 Å². The summed E-state index contributed by atoms with van der Waals surface area (Å²) in [7, 11) is -4.22. The van der Waals surface area contributed by atoms with Gasteiger partial charge < -0.3 is 9.84 Å². The summed E-state index contributed by atoms with van der Waals surface area (Å²) in [5.41, 5.74) is -1.31. The lowest BCUT2D eigenvalue weighted by Crippen LogP contribution is -2.43. The first-order chi connectivity index (χ1) is 9.23. The van der Waals surface area contributed by atoms with Crippen molar-refractivity contribution in [3.63, 3.8) is 0 Å². The standard InChI is InChI=1S/C11H12BrF2NO4S/c12-8-3-7(13)4-9(14)10(8)20(17,18)15-5-11(16)1-2-19-6-11/h3-4,15-16H,1-2,5-6H2. The Hall–Kier alpha value is -0.610. The van der Waals surface area contributed by atoms with Crippen LogP contribution < -0.4 is 4.72 Å². The van der Waals surface area contributed by atoms with Gasteiger partial charge in [0.25, 0.3) is 0 Å². The van der Waals surface area contributed by atoms with Crippen LogP contribution >= 0.6 is 15.9 Å². The fraction of sp³-hybridized carbons (Fsp3) is 0.455. The number of ether oxygens (including phenoxy) is 1. The van der Waals surface area contributed by atoms with Gasteiger partial charge in [0.05, 0.1) is 6.61 Å². The molecule has 2 rings (SSSR count). The number of sulfonamides is 1. The Morgan fingerprint density at radius 2 is 2.15 bits per heavy atom. The highest BCUT2D eigenvalue weighted by molar-refractivity contribution is 9.10. The van der Waals surface area contributed by atoms with Gasteiger partial charge in [-0.3, -0.25) is 0 Å². The second-order valence-corrected chi connectivity index (χ2v) is 7.11. The van der Waals surface area contributed by atoms with Crippen LogP contribution in [0.4, 0.5) is 8.78 Å². The Labute approximate surface area is 123 Å². The lowest BCUT2D eigenvalue weighted by molar-refractivity contribution is 0.0314. The van der Waals surface area contributed by atoms with Gasteiger partial charge in [-0.25, -0.2) is 21.9 Å². The van der Waals surface area contributed by atoms with E-state index in [-0.39, 0.29) is 24.0 Å². The topological polar surface area (TPSA) is 75.6 Å². The molecule has 9 heteroatoms. The van der Waals surface area contributed by atoms with Crippen molar-refractivity contribution in [3.8, 4) is 0 Å². The molecule has 20 heavy (non-hydrogen) atoms. The van der Waals surface area contributed by atoms with Gasteiger partial charge in [0, 0.05) is 30.1 Å². The minimum atomic E-state index is -4.22. The van der Waals surface area contributed by atoms with Gasteiger partial charge in [-0.1, -0.05) is 0 Å². The van der Waals surface area contributed by atoms with Crippen LogP contribution in [0, 0.1) is 11.6 Å². The molecule has 1 saturated heterocycles. The number of hydrogen-bond acceptors (Lipinski definition) is 4. The smallest absolute Gasteiger partial charge is 0.244 e. The molecule has 2 N–H and O–H groups in total. The third kappa shape index (κ3) is 3.34. The van der Waals surface area contributed by atoms with E-state index in [1.54, 1.807) is 0 Å². The zero-order valence-corrected chi connectivity index (χ0v) is 12.6. The minimum absolute atomic E-state index is 0.00257. The van der Waals surface area contributed by atoms with E-state index in [1.165, 1.54) is 0 Å². The Bertz CT molecular complexity index is 594. The lowest BCUT2D eigenvalue weighted by atomic mass is 10.1. The van der Waals surface area contributed by atoms with E-state index in [1.807, 2.05) is 0 Å². The minimum Gasteiger partial charge on any atom is -0.386 e. The largest absolute Gasteiger partial charge is 0.386 e. The van der Waals surface area contributed by atoms with Crippen molar-refractivity contribution in [1.82, 2.24) is 4.72 Å². The monoisotopic (exact) mass is 371 g/mol. The number of aliphatic hydroxyl groups is 1. The summed E-state index contributed by atoms with van der Waals surface area (Å²) in [6, 6.07) is 1.33. The van der Waals surface area contributed by atoms with Crippen molar-refractivity contribution < 1.29 is 27.0 Å². The van der Waals surface area contributed by atoms with E-state index in [2.05, 4.69) is 20.7 Å². The number of nitrogens with one attached hydrogen (secondary N) is 1. The maximum Gasteiger partial charge on any atom is 0.244 e. The molecular formula is C11H12BrF2NO4S. The highest BCUT2D eigenvalue weighted by atomic mass is 79.9. The molecule has 112 valence electrons. The summed E-state index contributed by atoms with van der Waals surface area (Å²) in [6.07, 6.45) is 0.280. The molecule has 0 aliphatic carbocycles. The first-order valence-electron chi connectivity index (χ1n) is 5.68. The van der Waals surface area contributed by atoms with E-state index in [4.69, 9.17) is 4.74 Å². The average molecular weight is 372 g/mol. The fourth-order valence-corrected chi connectivity index (χ4v) is 4.10. The van der Waals surface area contributed by atoms with Crippen LogP contribution in [0.3, 0.4) is 0 Å². The molecule has 0 radical (unpaired) electrons. The van der Waals surface area contributed by atoms with Crippen LogP contribution in [-0.2, 0) is 14.8 Å². The molecule has 1 heterocycles. The van der Waals surface area contributed by atoms with Crippen molar-refractivity contribution in [3.05, 3.63) is 28.2 Å². The second-order valence-electron chi connectivity index (χ2n) is 4.55. The van der Waals surface area contributed by atoms with Crippen molar-refractivity contribution in [2.45, 2.75) is 16.9 Å². The summed E-state index contributed by atoms with van der Waals surface area (Å²) in [5.74, 6) is -2.10. The summed E-state index contributed by atoms with van der Waals surface area (Å²) < 4.78 is 57.5. The maximum atomic E-state index is 13.6. The first kappa shape index (κ1) is 15.8. The molecule has 0 bridgehead atoms. The first-order valence-corrected chi connectivity index (χ1v) is 7.95. The quantitative estimate of drug-likeness (QED) is 0.832. The van der Waals surface area contributed by atoms with Crippen molar-refractivity contribution >= 4 is 26.0 Å². The van der Waals surface area contributed by atoms with Crippen LogP contribution in [0.5, 0.6) is 0 Å². The fourth-order valence-electron chi connectivity index (χ4n) is 1.82. The Balaban J connectivity index is 2.23. The van der Waals surface area contributed by atoms with Crippen LogP contribution in [0.25, 0.3) is 0 Å². The number of hydrogen-bond donors (Lipinski definition) is 2. The molecule has 1 aromatic rings. The molecule has 0 spiro atoms. The normalized spacial score (nSPS) is 23.2. The number of halogens is 3. The third-order valence-electron chi connectivity index (χ3n) is 2.91. The molecule has 1 unspecified atom stereocenters. The van der Waals surface area contributed by atoms with Gasteiger partial charge in [0.1, 0.15) is 22.1 Å². The molecule has 5 nitrogen and oxygen atoms in total. The molecule has 1 fully saturated rings. The van der Waals surface area contributed by atoms with Crippen molar-refractivity contribution in [1.29, 1.82) is 0 Å². The maximum absolute atomic E-state index is 13.6. The predicted octanol–water partition coefficient (Wildman–Crippen LogP) is 1.16. The van der Waals surface area contributed by atoms with Crippen molar-refractivity contribution in [2.24, 2.45) is 0 Å². The third-order valence-corrected chi connectivity index (χ3v) is 5.27. The van der Waals surface area contributed by atoms with Crippen LogP contribution in [0.15, 0.2) is 21.5 Å². The molecule has 0 saturated carbocycles. The van der Waals surface area contributed by atoms with Gasteiger partial charge in [-0.15, -0.1) is 0 Å².